The van der Waals surface area contributed by atoms with Gasteiger partial charge in [0.15, 0.2) is 0 Å². The van der Waals surface area contributed by atoms with E-state index in [0.29, 0.717) is 39.9 Å². The molecule has 2 heterocycles. The number of amides is 2. The molecular weight excluding hydrogens is 1020 g/mol. The molecule has 2 aromatic carbocycles. The first-order chi connectivity index (χ1) is 36.2. The van der Waals surface area contributed by atoms with Gasteiger partial charge < -0.3 is 30.1 Å². The third-order valence-electron chi connectivity index (χ3n) is 18.3. The van der Waals surface area contributed by atoms with Crippen LogP contribution in [0.15, 0.2) is 76.9 Å². The Bertz CT molecular complexity index is 2650. The number of nitrogens with zero attached hydrogens (tertiary/aromatic N) is 2. The Balaban J connectivity index is 0.00000882. The average molecular weight is 1120 g/mol. The van der Waals surface area contributed by atoms with Crippen LogP contribution < -0.4 is 5.32 Å². The molecule has 8 rings (SSSR count). The van der Waals surface area contributed by atoms with Gasteiger partial charge in [-0.3, -0.25) is 9.59 Å². The number of ether oxygens (including phenoxy) is 2. The number of anilines is 1. The Morgan fingerprint density at radius 2 is 1.01 bits per heavy atom. The summed E-state index contributed by atoms with van der Waals surface area (Å²) in [7, 11) is 0. The quantitative estimate of drug-likeness (QED) is 0.153. The Morgan fingerprint density at radius 3 is 1.46 bits per heavy atom. The van der Waals surface area contributed by atoms with Crippen molar-refractivity contribution in [2.24, 2.45) is 74.0 Å². The molecule has 4 saturated carbocycles. The summed E-state index contributed by atoms with van der Waals surface area (Å²) in [6.45, 7) is 31.5. The van der Waals surface area contributed by atoms with Gasteiger partial charge in [0.2, 0.25) is 5.91 Å². The first-order valence-corrected chi connectivity index (χ1v) is 29.6. The number of rotatable bonds is 10. The smallest absolute Gasteiger partial charge is 0.458 e. The van der Waals surface area contributed by atoms with Crippen molar-refractivity contribution in [1.82, 2.24) is 4.98 Å². The van der Waals surface area contributed by atoms with E-state index in [9.17, 15) is 9.59 Å². The first-order valence-electron chi connectivity index (χ1n) is 29.6. The average Bonchev–Trinajstić information content (AvgIpc) is 4.02. The number of allylic oxidation sites excluding steroid dienone is 1. The van der Waals surface area contributed by atoms with Crippen molar-refractivity contribution in [2.75, 3.05) is 5.32 Å². The summed E-state index contributed by atoms with van der Waals surface area (Å²) in [6, 6.07) is 19.4. The van der Waals surface area contributed by atoms with Crippen molar-refractivity contribution in [3.05, 3.63) is 94.1 Å². The molecular formula is C67H93N4O6Zn+. The van der Waals surface area contributed by atoms with Crippen molar-refractivity contribution in [1.29, 1.82) is 0 Å². The molecule has 10 nitrogen and oxygen atoms in total. The zero-order valence-electron chi connectivity index (χ0n) is 50.1. The summed E-state index contributed by atoms with van der Waals surface area (Å²) in [5.74, 6) is -0.468. The number of esters is 2. The van der Waals surface area contributed by atoms with Crippen LogP contribution in [0, 0.1) is 69.0 Å². The van der Waals surface area contributed by atoms with E-state index in [0.717, 1.165) is 95.5 Å². The minimum Gasteiger partial charge on any atom is -0.458 e. The number of aromatic amines is 1. The predicted octanol–water partition coefficient (Wildman–Crippen LogP) is 16.8. The fourth-order valence-corrected chi connectivity index (χ4v) is 13.9. The number of aromatic nitrogens is 1. The molecule has 0 spiro atoms. The molecule has 5 aliphatic rings. The largest absolute Gasteiger partial charge is 2.00 e. The third kappa shape index (κ3) is 13.9. The summed E-state index contributed by atoms with van der Waals surface area (Å²) in [5, 5.41) is 8.49. The van der Waals surface area contributed by atoms with Gasteiger partial charge in [0.1, 0.15) is 29.5 Å². The number of H-pyrrole nitrogens is 1. The molecule has 4 atom stereocenters. The Kier molecular flexibility index (Phi) is 19.3. The summed E-state index contributed by atoms with van der Waals surface area (Å²) in [4.78, 5) is 68.8. The molecule has 1 aliphatic heterocycles. The maximum atomic E-state index is 15.8. The zero-order chi connectivity index (χ0) is 55.8. The minimum atomic E-state index is -0.558. The molecule has 418 valence electrons. The van der Waals surface area contributed by atoms with Crippen LogP contribution >= 0.6 is 0 Å². The van der Waals surface area contributed by atoms with Crippen LogP contribution in [0.3, 0.4) is 0 Å². The van der Waals surface area contributed by atoms with Gasteiger partial charge in [-0.15, -0.1) is 0 Å². The molecule has 0 radical (unpaired) electrons. The van der Waals surface area contributed by atoms with E-state index in [2.05, 4.69) is 107 Å². The second-order valence-electron chi connectivity index (χ2n) is 28.5. The maximum Gasteiger partial charge on any atom is 2.00 e. The van der Waals surface area contributed by atoms with Gasteiger partial charge in [-0.1, -0.05) is 196 Å². The minimum absolute atomic E-state index is 0. The standard InChI is InChI=1S/C67H94N4O6.Zn/c1-40-35-46(64(3,4)5)56(47(36-40)65(6,7)8)76-62(74)54-52(42-27-19-15-20-28-42)50(68-58(54)70-60(72)44-31-23-17-24-32-44)39-51-53(43-29-21-16-22-30-43)55(59(69-51)71-61(73)45-33-25-18-26-34-45)63(75)77-57-48(66(9,10)11)37-41(2)38-49(57)67(12,13)14;/h15-16,19-22,27-30,39-41,44-49,56-57H,17-18,23-26,31-38H2,1-14H3,(H3,68,69,70,71,72,73,74,75);/q;+2/p-1. The van der Waals surface area contributed by atoms with Crippen LogP contribution in [-0.2, 0) is 43.3 Å². The number of carbonyl (C=O) groups is 4. The Morgan fingerprint density at radius 1 is 0.590 bits per heavy atom. The van der Waals surface area contributed by atoms with E-state index >= 15 is 9.59 Å². The number of amidine groups is 1. The molecule has 1 aromatic heterocycles. The van der Waals surface area contributed by atoms with Crippen molar-refractivity contribution in [3.63, 3.8) is 0 Å². The van der Waals surface area contributed by atoms with Gasteiger partial charge in [-0.2, -0.15) is 0 Å². The van der Waals surface area contributed by atoms with Gasteiger partial charge in [0.05, 0.1) is 5.57 Å². The van der Waals surface area contributed by atoms with E-state index in [-0.39, 0.29) is 111 Å². The SMILES string of the molecule is CC1CC(C(C)(C)C)C(OC(=O)C2=C(c3ccccc3)/C(=C/c3[nH]c(NC(=O)C4CCCCC4)c(C(=O)OC4C(C(C)(C)C)CC(C)CC4C(C)(C)C)c3-c3ccccc3)[N-]C2=NC(=O)C2CCCCC2)C(C(C)(C)C)C1.[Zn+2]. The molecule has 4 aliphatic carbocycles. The van der Waals surface area contributed by atoms with Crippen molar-refractivity contribution in [3.8, 4) is 11.1 Å². The summed E-state index contributed by atoms with van der Waals surface area (Å²) in [6.07, 6.45) is 13.7. The molecule has 0 saturated heterocycles. The fourth-order valence-electron chi connectivity index (χ4n) is 13.9. The first kappa shape index (κ1) is 61.0. The van der Waals surface area contributed by atoms with Crippen LogP contribution in [0.2, 0.25) is 0 Å². The number of hydrogen-bond acceptors (Lipinski definition) is 6. The normalized spacial score (nSPS) is 27.0. The molecule has 2 amide bonds. The predicted molar refractivity (Wildman–Crippen MR) is 313 cm³/mol. The van der Waals surface area contributed by atoms with Gasteiger partial charge in [0.25, 0.3) is 0 Å². The van der Waals surface area contributed by atoms with Gasteiger partial charge >= 0.3 is 31.4 Å². The molecule has 4 unspecified atom stereocenters. The summed E-state index contributed by atoms with van der Waals surface area (Å²) >= 11 is 0. The second-order valence-corrected chi connectivity index (χ2v) is 28.5. The van der Waals surface area contributed by atoms with E-state index in [4.69, 9.17) is 19.8 Å². The Labute approximate surface area is 481 Å². The topological polar surface area (TPSA) is 141 Å². The molecule has 11 heteroatoms. The molecule has 3 aromatic rings. The third-order valence-corrected chi connectivity index (χ3v) is 18.3. The number of carbonyl (C=O) groups excluding carboxylic acids is 4. The van der Waals surface area contributed by atoms with E-state index in [1.54, 1.807) is 0 Å². The fraction of sp³-hybridized carbons (Fsp3) is 0.627. The van der Waals surface area contributed by atoms with Gasteiger partial charge in [-0.05, 0) is 119 Å². The molecule has 0 bridgehead atoms. The van der Waals surface area contributed by atoms with E-state index in [1.807, 2.05) is 66.7 Å². The van der Waals surface area contributed by atoms with Crippen LogP contribution in [-0.4, -0.2) is 46.8 Å². The molecule has 2 N–H and O–H groups in total. The molecule has 4 fully saturated rings. The van der Waals surface area contributed by atoms with E-state index in [1.165, 1.54) is 0 Å². The van der Waals surface area contributed by atoms with Crippen molar-refractivity contribution < 1.29 is 48.1 Å². The maximum absolute atomic E-state index is 15.8. The zero-order valence-corrected chi connectivity index (χ0v) is 53.0. The Hall–Kier alpha value is -4.63. The van der Waals surface area contributed by atoms with Crippen molar-refractivity contribution >= 4 is 47.1 Å². The number of benzene rings is 2. The van der Waals surface area contributed by atoms with Crippen LogP contribution in [0.5, 0.6) is 0 Å². The van der Waals surface area contributed by atoms with Crippen LogP contribution in [0.1, 0.15) is 208 Å². The monoisotopic (exact) mass is 1110 g/mol. The van der Waals surface area contributed by atoms with Gasteiger partial charge in [-0.25, -0.2) is 9.59 Å². The number of aliphatic imine (C=N–C) groups is 1. The van der Waals surface area contributed by atoms with Crippen LogP contribution in [0.4, 0.5) is 5.82 Å². The van der Waals surface area contributed by atoms with Gasteiger partial charge in [0, 0.05) is 46.8 Å². The molecule has 78 heavy (non-hydrogen) atoms. The second kappa shape index (κ2) is 24.6. The van der Waals surface area contributed by atoms with Crippen molar-refractivity contribution in [2.45, 2.75) is 199 Å². The number of nitrogens with one attached hydrogen (secondary N) is 2. The van der Waals surface area contributed by atoms with Crippen LogP contribution in [0.25, 0.3) is 28.1 Å². The summed E-state index contributed by atoms with van der Waals surface area (Å²) < 4.78 is 14.0. The van der Waals surface area contributed by atoms with E-state index < -0.39 is 24.1 Å². The number of hydrogen-bond donors (Lipinski definition) is 2. The summed E-state index contributed by atoms with van der Waals surface area (Å²) in [5.41, 5.74) is 3.06.